The summed E-state index contributed by atoms with van der Waals surface area (Å²) in [4.78, 5) is 27.5. The van der Waals surface area contributed by atoms with Crippen LogP contribution in [0.4, 0.5) is 4.39 Å². The van der Waals surface area contributed by atoms with Crippen LogP contribution >= 0.6 is 0 Å². The zero-order valence-electron chi connectivity index (χ0n) is 17.6. The highest BCUT2D eigenvalue weighted by atomic mass is 19.1. The molecule has 5 nitrogen and oxygen atoms in total. The summed E-state index contributed by atoms with van der Waals surface area (Å²) < 4.78 is 19.3. The molecule has 30 heavy (non-hydrogen) atoms. The second-order valence-corrected chi connectivity index (χ2v) is 7.80. The predicted molar refractivity (Wildman–Crippen MR) is 114 cm³/mol. The van der Waals surface area contributed by atoms with E-state index in [0.29, 0.717) is 5.56 Å². The third kappa shape index (κ3) is 5.59. The number of methoxy groups -OCH3 is 1. The summed E-state index contributed by atoms with van der Waals surface area (Å²) in [5.41, 5.74) is 1.20. The standard InChI is InChI=1S/C24H29FN2O3/c1-17(24(29)26-20-8-4-5-9-20)27(16-18-11-13-21(30-2)14-12-18)23(28)15-19-7-3-6-10-22(19)25/h3,6-7,10-14,17,20H,4-5,8-9,15-16H2,1-2H3,(H,26,29). The fourth-order valence-corrected chi connectivity index (χ4v) is 3.81. The Hall–Kier alpha value is -2.89. The number of hydrogen-bond donors (Lipinski definition) is 1. The zero-order valence-corrected chi connectivity index (χ0v) is 17.6. The normalized spacial score (nSPS) is 14.9. The van der Waals surface area contributed by atoms with E-state index in [1.807, 2.05) is 24.3 Å². The Morgan fingerprint density at radius 1 is 1.13 bits per heavy atom. The van der Waals surface area contributed by atoms with Crippen molar-refractivity contribution in [2.24, 2.45) is 0 Å². The predicted octanol–water partition coefficient (Wildman–Crippen LogP) is 3.85. The first-order chi connectivity index (χ1) is 14.5. The molecule has 2 amide bonds. The van der Waals surface area contributed by atoms with Crippen molar-refractivity contribution >= 4 is 11.8 Å². The highest BCUT2D eigenvalue weighted by Gasteiger charge is 2.28. The molecule has 1 saturated carbocycles. The van der Waals surface area contributed by atoms with Gasteiger partial charge in [-0.2, -0.15) is 0 Å². The Balaban J connectivity index is 1.77. The molecule has 1 fully saturated rings. The molecule has 160 valence electrons. The quantitative estimate of drug-likeness (QED) is 0.716. The Labute approximate surface area is 177 Å². The SMILES string of the molecule is COc1ccc(CN(C(=O)Cc2ccccc2F)C(C)C(=O)NC2CCCC2)cc1. The molecule has 0 bridgehead atoms. The number of ether oxygens (including phenoxy) is 1. The van der Waals surface area contributed by atoms with Gasteiger partial charge in [0.1, 0.15) is 17.6 Å². The average molecular weight is 413 g/mol. The Morgan fingerprint density at radius 2 is 1.80 bits per heavy atom. The fraction of sp³-hybridized carbons (Fsp3) is 0.417. The van der Waals surface area contributed by atoms with Gasteiger partial charge in [-0.15, -0.1) is 0 Å². The number of carbonyl (C=O) groups excluding carboxylic acids is 2. The molecule has 1 atom stereocenters. The number of halogens is 1. The van der Waals surface area contributed by atoms with Crippen molar-refractivity contribution in [3.05, 3.63) is 65.5 Å². The van der Waals surface area contributed by atoms with Gasteiger partial charge in [-0.1, -0.05) is 43.2 Å². The van der Waals surface area contributed by atoms with E-state index < -0.39 is 11.9 Å². The molecule has 0 aromatic heterocycles. The van der Waals surface area contributed by atoms with Crippen LogP contribution in [0.25, 0.3) is 0 Å². The highest BCUT2D eigenvalue weighted by molar-refractivity contribution is 5.88. The Kier molecular flexibility index (Phi) is 7.44. The maximum absolute atomic E-state index is 14.1. The summed E-state index contributed by atoms with van der Waals surface area (Å²) in [6, 6.07) is 13.1. The number of benzene rings is 2. The van der Waals surface area contributed by atoms with Gasteiger partial charge in [0.25, 0.3) is 0 Å². The molecular formula is C24H29FN2O3. The number of amides is 2. The summed E-state index contributed by atoms with van der Waals surface area (Å²) in [7, 11) is 1.59. The largest absolute Gasteiger partial charge is 0.497 e. The van der Waals surface area contributed by atoms with Crippen LogP contribution in [0, 0.1) is 5.82 Å². The fourth-order valence-electron chi connectivity index (χ4n) is 3.81. The highest BCUT2D eigenvalue weighted by Crippen LogP contribution is 2.20. The van der Waals surface area contributed by atoms with Gasteiger partial charge in [0.15, 0.2) is 0 Å². The number of hydrogen-bond acceptors (Lipinski definition) is 3. The van der Waals surface area contributed by atoms with E-state index >= 15 is 0 Å². The maximum Gasteiger partial charge on any atom is 0.242 e. The van der Waals surface area contributed by atoms with Crippen molar-refractivity contribution in [2.75, 3.05) is 7.11 Å². The lowest BCUT2D eigenvalue weighted by Gasteiger charge is -2.30. The van der Waals surface area contributed by atoms with Crippen LogP contribution in [-0.4, -0.2) is 35.9 Å². The average Bonchev–Trinajstić information content (AvgIpc) is 3.26. The van der Waals surface area contributed by atoms with Gasteiger partial charge in [-0.3, -0.25) is 9.59 Å². The van der Waals surface area contributed by atoms with E-state index in [9.17, 15) is 14.0 Å². The maximum atomic E-state index is 14.1. The van der Waals surface area contributed by atoms with Crippen molar-refractivity contribution < 1.29 is 18.7 Å². The second-order valence-electron chi connectivity index (χ2n) is 7.80. The molecule has 2 aromatic rings. The number of carbonyl (C=O) groups is 2. The Bertz CT molecular complexity index is 863. The minimum atomic E-state index is -0.660. The molecule has 0 heterocycles. The van der Waals surface area contributed by atoms with Gasteiger partial charge in [0, 0.05) is 12.6 Å². The molecule has 0 saturated heterocycles. The first-order valence-electron chi connectivity index (χ1n) is 10.4. The van der Waals surface area contributed by atoms with Crippen LogP contribution in [0.3, 0.4) is 0 Å². The van der Waals surface area contributed by atoms with Crippen molar-refractivity contribution in [2.45, 2.75) is 57.7 Å². The van der Waals surface area contributed by atoms with Gasteiger partial charge in [0.05, 0.1) is 13.5 Å². The Morgan fingerprint density at radius 3 is 2.43 bits per heavy atom. The van der Waals surface area contributed by atoms with Crippen LogP contribution in [0.1, 0.15) is 43.7 Å². The van der Waals surface area contributed by atoms with Crippen molar-refractivity contribution in [1.82, 2.24) is 10.2 Å². The number of rotatable bonds is 8. The minimum Gasteiger partial charge on any atom is -0.497 e. The lowest BCUT2D eigenvalue weighted by molar-refractivity contribution is -0.140. The van der Waals surface area contributed by atoms with E-state index in [2.05, 4.69) is 5.32 Å². The molecule has 1 unspecified atom stereocenters. The second kappa shape index (κ2) is 10.2. The van der Waals surface area contributed by atoms with E-state index in [-0.39, 0.29) is 30.8 Å². The number of nitrogens with zero attached hydrogens (tertiary/aromatic N) is 1. The van der Waals surface area contributed by atoms with Crippen molar-refractivity contribution in [3.63, 3.8) is 0 Å². The van der Waals surface area contributed by atoms with Crippen LogP contribution in [0.2, 0.25) is 0 Å². The zero-order chi connectivity index (χ0) is 21.5. The summed E-state index contributed by atoms with van der Waals surface area (Å²) in [5, 5.41) is 3.07. The topological polar surface area (TPSA) is 58.6 Å². The first kappa shape index (κ1) is 21.8. The molecule has 3 rings (SSSR count). The van der Waals surface area contributed by atoms with Gasteiger partial charge < -0.3 is 15.0 Å². The monoisotopic (exact) mass is 412 g/mol. The molecule has 0 spiro atoms. The van der Waals surface area contributed by atoms with E-state index in [1.165, 1.54) is 11.0 Å². The van der Waals surface area contributed by atoms with Gasteiger partial charge in [-0.05, 0) is 49.1 Å². The molecular weight excluding hydrogens is 383 g/mol. The van der Waals surface area contributed by atoms with E-state index in [1.54, 1.807) is 32.2 Å². The molecule has 0 radical (unpaired) electrons. The van der Waals surface area contributed by atoms with Gasteiger partial charge >= 0.3 is 0 Å². The van der Waals surface area contributed by atoms with Crippen LogP contribution < -0.4 is 10.1 Å². The lowest BCUT2D eigenvalue weighted by atomic mass is 10.1. The lowest BCUT2D eigenvalue weighted by Crippen LogP contribution is -2.50. The summed E-state index contributed by atoms with van der Waals surface area (Å²) >= 11 is 0. The first-order valence-corrected chi connectivity index (χ1v) is 10.4. The van der Waals surface area contributed by atoms with Crippen LogP contribution in [0.5, 0.6) is 5.75 Å². The molecule has 2 aromatic carbocycles. The van der Waals surface area contributed by atoms with Crippen LogP contribution in [0.15, 0.2) is 48.5 Å². The van der Waals surface area contributed by atoms with E-state index in [0.717, 1.165) is 37.0 Å². The molecule has 1 aliphatic rings. The van der Waals surface area contributed by atoms with Crippen molar-refractivity contribution in [3.8, 4) is 5.75 Å². The summed E-state index contributed by atoms with van der Waals surface area (Å²) in [6.45, 7) is 1.99. The third-order valence-corrected chi connectivity index (χ3v) is 5.68. The van der Waals surface area contributed by atoms with Crippen molar-refractivity contribution in [1.29, 1.82) is 0 Å². The minimum absolute atomic E-state index is 0.0934. The molecule has 6 heteroatoms. The van der Waals surface area contributed by atoms with Crippen LogP contribution in [-0.2, 0) is 22.6 Å². The molecule has 0 aliphatic heterocycles. The van der Waals surface area contributed by atoms with Gasteiger partial charge in [0.2, 0.25) is 11.8 Å². The molecule has 1 N–H and O–H groups in total. The molecule has 1 aliphatic carbocycles. The van der Waals surface area contributed by atoms with E-state index in [4.69, 9.17) is 4.74 Å². The number of nitrogens with one attached hydrogen (secondary N) is 1. The smallest absolute Gasteiger partial charge is 0.242 e. The van der Waals surface area contributed by atoms with Gasteiger partial charge in [-0.25, -0.2) is 4.39 Å². The third-order valence-electron chi connectivity index (χ3n) is 5.68. The summed E-state index contributed by atoms with van der Waals surface area (Å²) in [5.74, 6) is -0.157. The summed E-state index contributed by atoms with van der Waals surface area (Å²) in [6.07, 6.45) is 4.08.